The molecule has 30 heavy (non-hydrogen) atoms. The molecule has 1 aromatic carbocycles. The van der Waals surface area contributed by atoms with Crippen LogP contribution >= 0.6 is 24.0 Å². The van der Waals surface area contributed by atoms with Crippen LogP contribution in [0.15, 0.2) is 29.3 Å². The summed E-state index contributed by atoms with van der Waals surface area (Å²) in [7, 11) is 3.85. The number of ether oxygens (including phenoxy) is 1. The number of nitrogens with zero attached hydrogens (tertiary/aromatic N) is 2. The third kappa shape index (κ3) is 12.2. The lowest BCUT2D eigenvalue weighted by Crippen LogP contribution is -2.54. The molecular weight excluding hydrogens is 493 g/mol. The second kappa shape index (κ2) is 13.0. The Balaban J connectivity index is 0.00000841. The van der Waals surface area contributed by atoms with Crippen molar-refractivity contribution in [2.24, 2.45) is 4.99 Å². The first-order chi connectivity index (χ1) is 13.4. The molecule has 0 aromatic heterocycles. The lowest BCUT2D eigenvalue weighted by molar-refractivity contribution is 0.0474. The lowest BCUT2D eigenvalue weighted by Gasteiger charge is -2.29. The number of carbonyl (C=O) groups excluding carboxylic acids is 1. The van der Waals surface area contributed by atoms with Gasteiger partial charge in [0.15, 0.2) is 5.96 Å². The molecule has 0 aliphatic carbocycles. The number of hydrogen-bond acceptors (Lipinski definition) is 4. The predicted octanol–water partition coefficient (Wildman–Crippen LogP) is 3.72. The second-order valence-electron chi connectivity index (χ2n) is 8.94. The van der Waals surface area contributed by atoms with Crippen LogP contribution in [0, 0.1) is 0 Å². The summed E-state index contributed by atoms with van der Waals surface area (Å²) >= 11 is 0. The number of nitrogens with one attached hydrogen (secondary N) is 3. The van der Waals surface area contributed by atoms with Gasteiger partial charge in [0.25, 0.3) is 0 Å². The molecule has 0 saturated carbocycles. The molecule has 1 rings (SSSR count). The quantitative estimate of drug-likeness (QED) is 0.270. The van der Waals surface area contributed by atoms with Crippen LogP contribution in [0.3, 0.4) is 0 Å². The Morgan fingerprint density at radius 1 is 1.13 bits per heavy atom. The Kier molecular flexibility index (Phi) is 12.3. The van der Waals surface area contributed by atoms with Crippen LogP contribution in [0.2, 0.25) is 0 Å². The third-order valence-corrected chi connectivity index (χ3v) is 4.20. The Morgan fingerprint density at radius 3 is 2.33 bits per heavy atom. The van der Waals surface area contributed by atoms with Crippen molar-refractivity contribution in [1.82, 2.24) is 20.9 Å². The topological polar surface area (TPSA) is 78.0 Å². The average Bonchev–Trinajstić information content (AvgIpc) is 2.59. The van der Waals surface area contributed by atoms with E-state index in [0.29, 0.717) is 19.0 Å². The van der Waals surface area contributed by atoms with Crippen molar-refractivity contribution in [1.29, 1.82) is 0 Å². The van der Waals surface area contributed by atoms with Gasteiger partial charge in [0.05, 0.1) is 5.54 Å². The maximum Gasteiger partial charge on any atom is 0.408 e. The zero-order valence-electron chi connectivity index (χ0n) is 19.8. The van der Waals surface area contributed by atoms with E-state index in [9.17, 15) is 4.79 Å². The first kappa shape index (κ1) is 28.5. The van der Waals surface area contributed by atoms with Gasteiger partial charge in [-0.05, 0) is 59.3 Å². The molecule has 172 valence electrons. The molecule has 0 radical (unpaired) electrons. The average molecular weight is 533 g/mol. The molecule has 1 aromatic rings. The van der Waals surface area contributed by atoms with Gasteiger partial charge < -0.3 is 25.6 Å². The zero-order valence-corrected chi connectivity index (χ0v) is 22.1. The molecule has 3 N–H and O–H groups in total. The van der Waals surface area contributed by atoms with E-state index in [4.69, 9.17) is 4.74 Å². The molecular formula is C22H40IN5O2. The van der Waals surface area contributed by atoms with Crippen molar-refractivity contribution < 1.29 is 9.53 Å². The highest BCUT2D eigenvalue weighted by Crippen LogP contribution is 2.09. The number of alkyl carbamates (subject to hydrolysis) is 1. The van der Waals surface area contributed by atoms with E-state index in [2.05, 4.69) is 64.1 Å². The zero-order chi connectivity index (χ0) is 22.1. The summed E-state index contributed by atoms with van der Waals surface area (Å²) in [6.07, 6.45) is -0.430. The van der Waals surface area contributed by atoms with E-state index in [-0.39, 0.29) is 24.0 Å². The molecule has 1 amide bonds. The maximum atomic E-state index is 12.0. The van der Waals surface area contributed by atoms with Gasteiger partial charge in [-0.3, -0.25) is 4.99 Å². The van der Waals surface area contributed by atoms with Gasteiger partial charge in [-0.2, -0.15) is 0 Å². The molecule has 0 aliphatic rings. The largest absolute Gasteiger partial charge is 0.444 e. The second-order valence-corrected chi connectivity index (χ2v) is 8.94. The molecule has 0 atom stereocenters. The van der Waals surface area contributed by atoms with Gasteiger partial charge in [-0.1, -0.05) is 31.2 Å². The van der Waals surface area contributed by atoms with Crippen molar-refractivity contribution in [3.05, 3.63) is 35.4 Å². The molecule has 0 unspecified atom stereocenters. The third-order valence-electron chi connectivity index (χ3n) is 4.20. The van der Waals surface area contributed by atoms with Gasteiger partial charge in [0, 0.05) is 26.7 Å². The number of aliphatic imine (C=N–C) groups is 1. The molecule has 7 nitrogen and oxygen atoms in total. The van der Waals surface area contributed by atoms with Crippen molar-refractivity contribution in [2.75, 3.05) is 27.2 Å². The van der Waals surface area contributed by atoms with E-state index >= 15 is 0 Å². The summed E-state index contributed by atoms with van der Waals surface area (Å²) < 4.78 is 5.33. The highest BCUT2D eigenvalue weighted by molar-refractivity contribution is 14.0. The summed E-state index contributed by atoms with van der Waals surface area (Å²) in [6, 6.07) is 8.54. The van der Waals surface area contributed by atoms with Crippen LogP contribution in [-0.2, 0) is 17.8 Å². The highest BCUT2D eigenvalue weighted by atomic mass is 127. The minimum absolute atomic E-state index is 0. The Bertz CT molecular complexity index is 686. The van der Waals surface area contributed by atoms with Gasteiger partial charge in [-0.15, -0.1) is 24.0 Å². The Hall–Kier alpha value is -1.55. The van der Waals surface area contributed by atoms with Crippen molar-refractivity contribution >= 4 is 36.0 Å². The SMILES string of the molecule is CCN(C)Cc1cccc(CNC(=NC)NCC(C)(C)NC(=O)OC(C)(C)C)c1.I. The van der Waals surface area contributed by atoms with E-state index in [0.717, 1.165) is 13.1 Å². The number of halogens is 1. The van der Waals surface area contributed by atoms with Gasteiger partial charge in [0.1, 0.15) is 5.60 Å². The number of carbonyl (C=O) groups is 1. The molecule has 8 heteroatoms. The fourth-order valence-corrected chi connectivity index (χ4v) is 2.60. The van der Waals surface area contributed by atoms with Crippen LogP contribution in [0.4, 0.5) is 4.79 Å². The number of amides is 1. The Morgan fingerprint density at radius 2 is 1.77 bits per heavy atom. The van der Waals surface area contributed by atoms with Crippen LogP contribution in [0.5, 0.6) is 0 Å². The van der Waals surface area contributed by atoms with E-state index in [1.807, 2.05) is 34.6 Å². The number of guanidine groups is 1. The molecule has 0 fully saturated rings. The fraction of sp³-hybridized carbons (Fsp3) is 0.636. The van der Waals surface area contributed by atoms with Crippen molar-refractivity contribution in [3.63, 3.8) is 0 Å². The predicted molar refractivity (Wildman–Crippen MR) is 136 cm³/mol. The van der Waals surface area contributed by atoms with Crippen LogP contribution in [-0.4, -0.2) is 55.3 Å². The van der Waals surface area contributed by atoms with Gasteiger partial charge in [-0.25, -0.2) is 4.79 Å². The summed E-state index contributed by atoms with van der Waals surface area (Å²) in [4.78, 5) is 18.6. The summed E-state index contributed by atoms with van der Waals surface area (Å²) in [6.45, 7) is 14.7. The molecule has 0 heterocycles. The fourth-order valence-electron chi connectivity index (χ4n) is 2.60. The van der Waals surface area contributed by atoms with Crippen molar-refractivity contribution in [3.8, 4) is 0 Å². The normalized spacial score (nSPS) is 12.2. The van der Waals surface area contributed by atoms with E-state index < -0.39 is 17.2 Å². The lowest BCUT2D eigenvalue weighted by atomic mass is 10.1. The van der Waals surface area contributed by atoms with Crippen LogP contribution in [0.25, 0.3) is 0 Å². The number of benzene rings is 1. The standard InChI is InChI=1S/C22H39N5O2.HI/c1-9-27(8)15-18-12-10-11-17(13-18)14-24-19(23-7)25-16-22(5,6)26-20(28)29-21(2,3)4;/h10-13H,9,14-16H2,1-8H3,(H,26,28)(H2,23,24,25);1H. The van der Waals surface area contributed by atoms with Crippen LogP contribution < -0.4 is 16.0 Å². The summed E-state index contributed by atoms with van der Waals surface area (Å²) in [5.74, 6) is 0.681. The molecule has 0 saturated heterocycles. The minimum Gasteiger partial charge on any atom is -0.444 e. The smallest absolute Gasteiger partial charge is 0.408 e. The van der Waals surface area contributed by atoms with Gasteiger partial charge in [0.2, 0.25) is 0 Å². The van der Waals surface area contributed by atoms with E-state index in [1.165, 1.54) is 11.1 Å². The van der Waals surface area contributed by atoms with Gasteiger partial charge >= 0.3 is 6.09 Å². The van der Waals surface area contributed by atoms with E-state index in [1.54, 1.807) is 7.05 Å². The highest BCUT2D eigenvalue weighted by Gasteiger charge is 2.24. The summed E-state index contributed by atoms with van der Waals surface area (Å²) in [5, 5.41) is 9.48. The van der Waals surface area contributed by atoms with Crippen LogP contribution in [0.1, 0.15) is 52.7 Å². The molecule has 0 bridgehead atoms. The van der Waals surface area contributed by atoms with Crippen molar-refractivity contribution in [2.45, 2.75) is 65.8 Å². The minimum atomic E-state index is -0.522. The molecule has 0 spiro atoms. The monoisotopic (exact) mass is 533 g/mol. The maximum absolute atomic E-state index is 12.0. The number of hydrogen-bond donors (Lipinski definition) is 3. The Labute approximate surface area is 199 Å². The number of rotatable bonds is 8. The summed E-state index contributed by atoms with van der Waals surface area (Å²) in [5.41, 5.74) is 1.47. The molecule has 0 aliphatic heterocycles. The first-order valence-electron chi connectivity index (χ1n) is 10.2. The first-order valence-corrected chi connectivity index (χ1v) is 10.2.